The number of thioether (sulfide) groups is 2. The minimum absolute atomic E-state index is 0.361. The van der Waals surface area contributed by atoms with Crippen LogP contribution >= 0.6 is 34.9 Å². The summed E-state index contributed by atoms with van der Waals surface area (Å²) in [6, 6.07) is 2.25. The van der Waals surface area contributed by atoms with Crippen LogP contribution in [-0.2, 0) is 4.08 Å². The predicted molar refractivity (Wildman–Crippen MR) is 56.6 cm³/mol. The Morgan fingerprint density at radius 3 is 2.64 bits per heavy atom. The van der Waals surface area contributed by atoms with E-state index in [1.165, 1.54) is 17.1 Å². The van der Waals surface area contributed by atoms with Crippen LogP contribution in [0.15, 0.2) is 16.8 Å². The molecule has 1 aliphatic heterocycles. The van der Waals surface area contributed by atoms with Crippen LogP contribution in [0.4, 0.5) is 0 Å². The van der Waals surface area contributed by atoms with Gasteiger partial charge in [0.2, 0.25) is 0 Å². The highest BCUT2D eigenvalue weighted by molar-refractivity contribution is 8.20. The van der Waals surface area contributed by atoms with Crippen LogP contribution in [0.5, 0.6) is 0 Å². The average molecular weight is 202 g/mol. The Balaban J connectivity index is 2.27. The van der Waals surface area contributed by atoms with E-state index in [1.54, 1.807) is 11.3 Å². The molecule has 0 aliphatic carbocycles. The van der Waals surface area contributed by atoms with Gasteiger partial charge in [-0.1, -0.05) is 0 Å². The molecule has 1 saturated heterocycles. The Labute approximate surface area is 79.8 Å². The summed E-state index contributed by atoms with van der Waals surface area (Å²) < 4.78 is 0.361. The molecule has 1 aliphatic rings. The molecule has 0 nitrogen and oxygen atoms in total. The topological polar surface area (TPSA) is 0 Å². The van der Waals surface area contributed by atoms with E-state index in [9.17, 15) is 0 Å². The Morgan fingerprint density at radius 2 is 2.09 bits per heavy atom. The van der Waals surface area contributed by atoms with Crippen LogP contribution in [0.2, 0.25) is 0 Å². The summed E-state index contributed by atoms with van der Waals surface area (Å²) in [5, 5.41) is 4.44. The first kappa shape index (κ1) is 8.02. The van der Waals surface area contributed by atoms with Gasteiger partial charge in [0.05, 0.1) is 4.08 Å². The van der Waals surface area contributed by atoms with Crippen molar-refractivity contribution in [3.05, 3.63) is 22.4 Å². The van der Waals surface area contributed by atoms with Gasteiger partial charge in [0, 0.05) is 11.5 Å². The minimum Gasteiger partial charge on any atom is -0.152 e. The molecule has 0 unspecified atom stereocenters. The molecular weight excluding hydrogens is 192 g/mol. The van der Waals surface area contributed by atoms with Gasteiger partial charge in [-0.25, -0.2) is 0 Å². The standard InChI is InChI=1S/C8H10S3/c1-8(10-4-5-11-8)7-2-3-9-6-7/h2-3,6H,4-5H2,1H3. The Kier molecular flexibility index (Phi) is 2.21. The smallest absolute Gasteiger partial charge is 0.0840 e. The minimum atomic E-state index is 0.361. The summed E-state index contributed by atoms with van der Waals surface area (Å²) in [6.45, 7) is 2.33. The third kappa shape index (κ3) is 1.46. The Bertz CT molecular complexity index is 221. The van der Waals surface area contributed by atoms with E-state index in [-0.39, 0.29) is 0 Å². The fourth-order valence-electron chi connectivity index (χ4n) is 1.20. The second-order valence-corrected chi connectivity index (χ2v) is 6.72. The third-order valence-electron chi connectivity index (χ3n) is 1.88. The van der Waals surface area contributed by atoms with Crippen molar-refractivity contribution in [1.29, 1.82) is 0 Å². The molecule has 1 aromatic heterocycles. The highest BCUT2D eigenvalue weighted by Gasteiger charge is 2.32. The number of hydrogen-bond donors (Lipinski definition) is 0. The number of thiophene rings is 1. The van der Waals surface area contributed by atoms with Gasteiger partial charge in [-0.2, -0.15) is 11.3 Å². The maximum absolute atomic E-state index is 2.33. The van der Waals surface area contributed by atoms with E-state index in [1.807, 2.05) is 0 Å². The van der Waals surface area contributed by atoms with E-state index in [0.717, 1.165) is 0 Å². The molecule has 2 rings (SSSR count). The fraction of sp³-hybridized carbons (Fsp3) is 0.500. The van der Waals surface area contributed by atoms with Crippen LogP contribution in [0.1, 0.15) is 12.5 Å². The van der Waals surface area contributed by atoms with Gasteiger partial charge in [-0.15, -0.1) is 23.5 Å². The molecule has 0 saturated carbocycles. The van der Waals surface area contributed by atoms with Crippen LogP contribution in [0.3, 0.4) is 0 Å². The van der Waals surface area contributed by atoms with Gasteiger partial charge in [0.25, 0.3) is 0 Å². The van der Waals surface area contributed by atoms with E-state index < -0.39 is 0 Å². The van der Waals surface area contributed by atoms with Crippen molar-refractivity contribution in [2.75, 3.05) is 11.5 Å². The van der Waals surface area contributed by atoms with Gasteiger partial charge >= 0.3 is 0 Å². The molecule has 1 fully saturated rings. The highest BCUT2D eigenvalue weighted by Crippen LogP contribution is 2.51. The van der Waals surface area contributed by atoms with Gasteiger partial charge in [0.15, 0.2) is 0 Å². The first-order valence-electron chi connectivity index (χ1n) is 3.62. The molecule has 0 bridgehead atoms. The highest BCUT2D eigenvalue weighted by atomic mass is 32.2. The Morgan fingerprint density at radius 1 is 1.36 bits per heavy atom. The molecule has 1 aromatic rings. The lowest BCUT2D eigenvalue weighted by Gasteiger charge is -2.19. The molecule has 0 aromatic carbocycles. The molecule has 0 amide bonds. The molecule has 3 heteroatoms. The van der Waals surface area contributed by atoms with Crippen LogP contribution in [-0.4, -0.2) is 11.5 Å². The van der Waals surface area contributed by atoms with Crippen molar-refractivity contribution in [3.63, 3.8) is 0 Å². The largest absolute Gasteiger partial charge is 0.152 e. The van der Waals surface area contributed by atoms with Gasteiger partial charge in [-0.3, -0.25) is 0 Å². The lowest BCUT2D eigenvalue weighted by atomic mass is 10.2. The summed E-state index contributed by atoms with van der Waals surface area (Å²) >= 11 is 5.94. The Hall–Kier alpha value is 0.400. The molecule has 0 spiro atoms. The lowest BCUT2D eigenvalue weighted by molar-refractivity contribution is 1.03. The average Bonchev–Trinajstić information content (AvgIpc) is 2.55. The van der Waals surface area contributed by atoms with Crippen molar-refractivity contribution in [3.8, 4) is 0 Å². The van der Waals surface area contributed by atoms with E-state index in [2.05, 4.69) is 47.3 Å². The normalized spacial score (nSPS) is 22.3. The molecular formula is C8H10S3. The monoisotopic (exact) mass is 202 g/mol. The van der Waals surface area contributed by atoms with E-state index in [0.29, 0.717) is 4.08 Å². The lowest BCUT2D eigenvalue weighted by Crippen LogP contribution is -2.05. The van der Waals surface area contributed by atoms with Gasteiger partial charge in [-0.05, 0) is 29.3 Å². The summed E-state index contributed by atoms with van der Waals surface area (Å²) in [4.78, 5) is 0. The molecule has 0 N–H and O–H groups in total. The fourth-order valence-corrected chi connectivity index (χ4v) is 4.98. The zero-order valence-corrected chi connectivity index (χ0v) is 8.82. The number of hydrogen-bond acceptors (Lipinski definition) is 3. The predicted octanol–water partition coefficient (Wildman–Crippen LogP) is 3.40. The second kappa shape index (κ2) is 3.04. The van der Waals surface area contributed by atoms with Gasteiger partial charge < -0.3 is 0 Å². The quantitative estimate of drug-likeness (QED) is 0.684. The second-order valence-electron chi connectivity index (χ2n) is 2.65. The summed E-state index contributed by atoms with van der Waals surface area (Å²) in [5.74, 6) is 2.61. The molecule has 11 heavy (non-hydrogen) atoms. The molecule has 60 valence electrons. The van der Waals surface area contributed by atoms with Crippen molar-refractivity contribution >= 4 is 34.9 Å². The van der Waals surface area contributed by atoms with E-state index >= 15 is 0 Å². The third-order valence-corrected chi connectivity index (χ3v) is 5.92. The summed E-state index contributed by atoms with van der Waals surface area (Å²) in [7, 11) is 0. The first-order valence-corrected chi connectivity index (χ1v) is 6.53. The summed E-state index contributed by atoms with van der Waals surface area (Å²) in [5.41, 5.74) is 1.50. The maximum atomic E-state index is 2.33. The van der Waals surface area contributed by atoms with Crippen LogP contribution in [0, 0.1) is 0 Å². The molecule has 0 atom stereocenters. The zero-order chi connectivity index (χ0) is 7.73. The molecule has 2 heterocycles. The summed E-state index contributed by atoms with van der Waals surface area (Å²) in [6.07, 6.45) is 0. The van der Waals surface area contributed by atoms with Crippen LogP contribution < -0.4 is 0 Å². The van der Waals surface area contributed by atoms with Crippen molar-refractivity contribution in [2.45, 2.75) is 11.0 Å². The van der Waals surface area contributed by atoms with Gasteiger partial charge in [0.1, 0.15) is 0 Å². The van der Waals surface area contributed by atoms with Crippen molar-refractivity contribution < 1.29 is 0 Å². The first-order chi connectivity index (χ1) is 5.31. The van der Waals surface area contributed by atoms with E-state index in [4.69, 9.17) is 0 Å². The van der Waals surface area contributed by atoms with Crippen molar-refractivity contribution in [1.82, 2.24) is 0 Å². The molecule has 0 radical (unpaired) electrons. The maximum Gasteiger partial charge on any atom is 0.0840 e. The van der Waals surface area contributed by atoms with Crippen LogP contribution in [0.25, 0.3) is 0 Å². The number of rotatable bonds is 1. The SMILES string of the molecule is CC1(c2ccsc2)SCCS1. The zero-order valence-electron chi connectivity index (χ0n) is 6.37. The van der Waals surface area contributed by atoms with Crippen molar-refractivity contribution in [2.24, 2.45) is 0 Å².